The highest BCUT2D eigenvalue weighted by Crippen LogP contribution is 2.13. The van der Waals surface area contributed by atoms with E-state index in [1.165, 1.54) is 11.1 Å². The smallest absolute Gasteiger partial charge is 0.411 e. The van der Waals surface area contributed by atoms with Crippen LogP contribution in [0.15, 0.2) is 4.99 Å². The summed E-state index contributed by atoms with van der Waals surface area (Å²) in [5.74, 6) is -0.480. The summed E-state index contributed by atoms with van der Waals surface area (Å²) in [5.41, 5.74) is -0.592. The van der Waals surface area contributed by atoms with Crippen molar-refractivity contribution in [1.29, 1.82) is 0 Å². The Bertz CT molecular complexity index is 346. The second-order valence-electron chi connectivity index (χ2n) is 4.93. The van der Waals surface area contributed by atoms with Gasteiger partial charge in [-0.3, -0.25) is 9.89 Å². The summed E-state index contributed by atoms with van der Waals surface area (Å²) in [7, 11) is 0. The molecule has 0 aromatic carbocycles. The van der Waals surface area contributed by atoms with Crippen LogP contribution in [0.5, 0.6) is 0 Å². The van der Waals surface area contributed by atoms with E-state index in [0.717, 1.165) is 0 Å². The van der Waals surface area contributed by atoms with Crippen molar-refractivity contribution in [2.45, 2.75) is 39.3 Å². The van der Waals surface area contributed by atoms with Crippen molar-refractivity contribution in [3.63, 3.8) is 0 Å². The van der Waals surface area contributed by atoms with Crippen molar-refractivity contribution in [3.05, 3.63) is 0 Å². The van der Waals surface area contributed by atoms with Gasteiger partial charge in [0, 0.05) is 12.8 Å². The highest BCUT2D eigenvalue weighted by Gasteiger charge is 2.34. The summed E-state index contributed by atoms with van der Waals surface area (Å²) in [6, 6.07) is -0.784. The van der Waals surface area contributed by atoms with Crippen LogP contribution in [0.25, 0.3) is 0 Å². The highest BCUT2D eigenvalue weighted by atomic mass is 16.6. The minimum absolute atomic E-state index is 0.269. The van der Waals surface area contributed by atoms with Crippen molar-refractivity contribution < 1.29 is 19.1 Å². The predicted octanol–water partition coefficient (Wildman–Crippen LogP) is 1.24. The summed E-state index contributed by atoms with van der Waals surface area (Å²) in [5, 5.41) is 0. The van der Waals surface area contributed by atoms with E-state index >= 15 is 0 Å². The first-order valence-corrected chi connectivity index (χ1v) is 6.01. The summed E-state index contributed by atoms with van der Waals surface area (Å²) in [6.07, 6.45) is 0.914. The second-order valence-corrected chi connectivity index (χ2v) is 4.93. The molecule has 0 spiro atoms. The predicted molar refractivity (Wildman–Crippen MR) is 66.7 cm³/mol. The molecule has 0 saturated carbocycles. The number of rotatable bonds is 2. The highest BCUT2D eigenvalue weighted by molar-refractivity contribution is 5.97. The molecule has 1 heterocycles. The van der Waals surface area contributed by atoms with E-state index in [0.29, 0.717) is 13.1 Å². The van der Waals surface area contributed by atoms with Crippen LogP contribution < -0.4 is 0 Å². The van der Waals surface area contributed by atoms with Crippen LogP contribution in [0.2, 0.25) is 0 Å². The molecule has 1 amide bonds. The lowest BCUT2D eigenvalue weighted by Crippen LogP contribution is -2.51. The van der Waals surface area contributed by atoms with Crippen LogP contribution >= 0.6 is 0 Å². The maximum absolute atomic E-state index is 12.0. The first-order valence-electron chi connectivity index (χ1n) is 6.01. The van der Waals surface area contributed by atoms with Gasteiger partial charge < -0.3 is 9.47 Å². The Kier molecular flexibility index (Phi) is 4.69. The Hall–Kier alpha value is -1.59. The minimum atomic E-state index is -0.784. The molecule has 1 aliphatic heterocycles. The van der Waals surface area contributed by atoms with Crippen molar-refractivity contribution in [1.82, 2.24) is 4.90 Å². The fourth-order valence-corrected chi connectivity index (χ4v) is 1.50. The number of hydrogen-bond acceptors (Lipinski definition) is 5. The molecule has 1 rings (SSSR count). The van der Waals surface area contributed by atoms with E-state index in [1.807, 2.05) is 0 Å². The fourth-order valence-electron chi connectivity index (χ4n) is 1.50. The molecule has 0 aliphatic carbocycles. The summed E-state index contributed by atoms with van der Waals surface area (Å²) < 4.78 is 10.2. The average molecular weight is 256 g/mol. The molecule has 18 heavy (non-hydrogen) atoms. The van der Waals surface area contributed by atoms with Crippen LogP contribution in [0.1, 0.15) is 27.7 Å². The number of aliphatic imine (C=N–C) groups is 1. The lowest BCUT2D eigenvalue weighted by molar-refractivity contribution is -0.146. The first-order chi connectivity index (χ1) is 8.35. The zero-order valence-corrected chi connectivity index (χ0v) is 11.3. The molecular weight excluding hydrogens is 236 g/mol. The number of carbonyl (C=O) groups is 2. The van der Waals surface area contributed by atoms with E-state index < -0.39 is 23.7 Å². The van der Waals surface area contributed by atoms with Gasteiger partial charge in [0.25, 0.3) is 0 Å². The van der Waals surface area contributed by atoms with Gasteiger partial charge >= 0.3 is 12.1 Å². The zero-order chi connectivity index (χ0) is 13.8. The van der Waals surface area contributed by atoms with E-state index in [4.69, 9.17) is 9.47 Å². The van der Waals surface area contributed by atoms with E-state index in [-0.39, 0.29) is 6.61 Å². The fraction of sp³-hybridized carbons (Fsp3) is 0.750. The molecule has 6 heteroatoms. The molecule has 0 N–H and O–H groups in total. The lowest BCUT2D eigenvalue weighted by Gasteiger charge is -2.32. The van der Waals surface area contributed by atoms with Crippen LogP contribution in [0, 0.1) is 0 Å². The van der Waals surface area contributed by atoms with Crippen molar-refractivity contribution in [2.24, 2.45) is 4.99 Å². The minimum Gasteiger partial charge on any atom is -0.464 e. The number of amides is 1. The molecule has 0 radical (unpaired) electrons. The quantitative estimate of drug-likeness (QED) is 0.697. The van der Waals surface area contributed by atoms with Gasteiger partial charge in [0.05, 0.1) is 13.2 Å². The Balaban J connectivity index is 2.75. The number of carbonyl (C=O) groups excluding carboxylic acids is 2. The Morgan fingerprint density at radius 2 is 2.11 bits per heavy atom. The number of hydrogen-bond donors (Lipinski definition) is 0. The van der Waals surface area contributed by atoms with Crippen molar-refractivity contribution >= 4 is 18.3 Å². The molecule has 1 unspecified atom stereocenters. The zero-order valence-electron chi connectivity index (χ0n) is 11.3. The Morgan fingerprint density at radius 3 is 2.67 bits per heavy atom. The van der Waals surface area contributed by atoms with Gasteiger partial charge in [0.2, 0.25) is 0 Å². The second kappa shape index (κ2) is 5.84. The molecular formula is C12H20N2O4. The van der Waals surface area contributed by atoms with Gasteiger partial charge in [-0.05, 0) is 27.7 Å². The molecule has 102 valence electrons. The Labute approximate surface area is 107 Å². The molecule has 0 bridgehead atoms. The first kappa shape index (κ1) is 14.5. The van der Waals surface area contributed by atoms with Crippen LogP contribution in [0.3, 0.4) is 0 Å². The maximum atomic E-state index is 12.0. The van der Waals surface area contributed by atoms with Crippen molar-refractivity contribution in [3.8, 4) is 0 Å². The van der Waals surface area contributed by atoms with Crippen molar-refractivity contribution in [2.75, 3.05) is 19.7 Å². The Morgan fingerprint density at radius 1 is 1.44 bits per heavy atom. The van der Waals surface area contributed by atoms with Crippen LogP contribution in [0.4, 0.5) is 4.79 Å². The molecule has 0 saturated heterocycles. The molecule has 1 atom stereocenters. The van der Waals surface area contributed by atoms with Gasteiger partial charge in [-0.2, -0.15) is 0 Å². The van der Waals surface area contributed by atoms with Gasteiger partial charge in [-0.25, -0.2) is 9.59 Å². The summed E-state index contributed by atoms with van der Waals surface area (Å²) in [4.78, 5) is 29.0. The standard InChI is InChI=1S/C12H20N2O4/c1-5-17-10(15)9-8-13-6-7-14(9)11(16)18-12(2,3)4/h8-9H,5-7H2,1-4H3. The van der Waals surface area contributed by atoms with E-state index in [1.54, 1.807) is 27.7 Å². The van der Waals surface area contributed by atoms with Gasteiger partial charge in [-0.1, -0.05) is 0 Å². The number of esters is 1. The number of ether oxygens (including phenoxy) is 2. The van der Waals surface area contributed by atoms with Gasteiger partial charge in [0.15, 0.2) is 6.04 Å². The van der Waals surface area contributed by atoms with E-state index in [9.17, 15) is 9.59 Å². The summed E-state index contributed by atoms with van der Waals surface area (Å²) in [6.45, 7) is 8.15. The monoisotopic (exact) mass is 256 g/mol. The van der Waals surface area contributed by atoms with Gasteiger partial charge in [0.1, 0.15) is 5.60 Å². The lowest BCUT2D eigenvalue weighted by atomic mass is 10.2. The van der Waals surface area contributed by atoms with Crippen LogP contribution in [-0.2, 0) is 14.3 Å². The third-order valence-electron chi connectivity index (χ3n) is 2.21. The van der Waals surface area contributed by atoms with Crippen LogP contribution in [-0.4, -0.2) is 54.5 Å². The molecule has 6 nitrogen and oxygen atoms in total. The van der Waals surface area contributed by atoms with E-state index in [2.05, 4.69) is 4.99 Å². The maximum Gasteiger partial charge on any atom is 0.411 e. The normalized spacial score (nSPS) is 19.6. The number of nitrogens with zero attached hydrogens (tertiary/aromatic N) is 2. The molecule has 0 fully saturated rings. The third kappa shape index (κ3) is 4.01. The topological polar surface area (TPSA) is 68.2 Å². The van der Waals surface area contributed by atoms with Gasteiger partial charge in [-0.15, -0.1) is 0 Å². The largest absolute Gasteiger partial charge is 0.464 e. The average Bonchev–Trinajstić information content (AvgIpc) is 2.27. The SMILES string of the molecule is CCOC(=O)C1C=NCCN1C(=O)OC(C)(C)C. The third-order valence-corrected chi connectivity index (χ3v) is 2.21. The molecule has 0 aromatic rings. The summed E-state index contributed by atoms with van der Waals surface area (Å²) >= 11 is 0. The molecule has 0 aromatic heterocycles. The molecule has 1 aliphatic rings.